The van der Waals surface area contributed by atoms with Gasteiger partial charge < -0.3 is 44.4 Å². The second-order valence-electron chi connectivity index (χ2n) is 15.3. The number of rotatable bonds is 10. The molecular weight excluding hydrogens is 570 g/mol. The zero-order chi connectivity index (χ0) is 34.2. The van der Waals surface area contributed by atoms with Gasteiger partial charge in [0.1, 0.15) is 17.4 Å². The fourth-order valence-electron chi connectivity index (χ4n) is 4.53. The van der Waals surface area contributed by atoms with E-state index in [1.165, 1.54) is 34.8 Å². The number of nitrogens with two attached hydrogens (primary N) is 1. The van der Waals surface area contributed by atoms with Gasteiger partial charge in [0.05, 0.1) is 36.6 Å². The van der Waals surface area contributed by atoms with Gasteiger partial charge in [-0.1, -0.05) is 20.8 Å². The lowest BCUT2D eigenvalue weighted by Crippen LogP contribution is -2.60. The van der Waals surface area contributed by atoms with Gasteiger partial charge in [-0.25, -0.2) is 0 Å². The Morgan fingerprint density at radius 2 is 1.50 bits per heavy atom. The molecule has 0 aromatic heterocycles. The molecule has 3 fully saturated rings. The van der Waals surface area contributed by atoms with Crippen molar-refractivity contribution in [3.05, 3.63) is 0 Å². The van der Waals surface area contributed by atoms with Crippen molar-refractivity contribution < 1.29 is 48.2 Å². The Hall–Kier alpha value is -1.02. The first kappa shape index (κ1) is 41.0. The molecule has 11 heteroatoms. The van der Waals surface area contributed by atoms with Crippen molar-refractivity contribution in [1.82, 2.24) is 0 Å². The van der Waals surface area contributed by atoms with E-state index < -0.39 is 22.7 Å². The summed E-state index contributed by atoms with van der Waals surface area (Å²) in [6.07, 6.45) is 3.84. The lowest BCUT2D eigenvalue weighted by Gasteiger charge is -2.40. The van der Waals surface area contributed by atoms with Crippen molar-refractivity contribution in [2.45, 2.75) is 161 Å². The van der Waals surface area contributed by atoms with Crippen molar-refractivity contribution in [1.29, 1.82) is 0 Å². The SMILES string of the molecule is CC(C)(C)C(=O)CC[C@]1(C)OCC2OCCC2O1.CC(C)(C)OC1CCOC1.COC(C)(O)CCC(=O)C(C)(N)C(C)(C)O. The van der Waals surface area contributed by atoms with Crippen LogP contribution in [-0.2, 0) is 38.0 Å². The molecule has 0 bridgehead atoms. The molecule has 0 spiro atoms. The molecule has 0 radical (unpaired) electrons. The fraction of sp³-hybridized carbons (Fsp3) is 0.939. The quantitative estimate of drug-likeness (QED) is 0.298. The maximum Gasteiger partial charge on any atom is 0.166 e. The van der Waals surface area contributed by atoms with E-state index in [0.29, 0.717) is 25.6 Å². The molecule has 3 aliphatic heterocycles. The minimum atomic E-state index is -1.34. The molecule has 0 aromatic rings. The number of aliphatic hydroxyl groups is 2. The molecular formula is C33H63NO10. The molecule has 3 saturated heterocycles. The predicted molar refractivity (Wildman–Crippen MR) is 168 cm³/mol. The summed E-state index contributed by atoms with van der Waals surface area (Å²) in [5, 5.41) is 19.3. The average Bonchev–Trinajstić information content (AvgIpc) is 3.56. The molecule has 0 saturated carbocycles. The van der Waals surface area contributed by atoms with Crippen LogP contribution in [0.15, 0.2) is 0 Å². The van der Waals surface area contributed by atoms with E-state index in [0.717, 1.165) is 32.7 Å². The maximum absolute atomic E-state index is 11.9. The number of carbonyl (C=O) groups is 2. The second-order valence-corrected chi connectivity index (χ2v) is 15.3. The number of methoxy groups -OCH3 is 1. The van der Waals surface area contributed by atoms with E-state index in [4.69, 9.17) is 34.2 Å². The Labute approximate surface area is 265 Å². The van der Waals surface area contributed by atoms with Crippen LogP contribution in [0.4, 0.5) is 0 Å². The number of fused-ring (bicyclic) bond motifs is 1. The van der Waals surface area contributed by atoms with E-state index in [-0.39, 0.29) is 47.6 Å². The van der Waals surface area contributed by atoms with E-state index in [9.17, 15) is 19.8 Å². The predicted octanol–water partition coefficient (Wildman–Crippen LogP) is 4.07. The number of hydrogen-bond donors (Lipinski definition) is 3. The molecule has 11 nitrogen and oxygen atoms in total. The topological polar surface area (TPSA) is 156 Å². The van der Waals surface area contributed by atoms with Gasteiger partial charge in [-0.15, -0.1) is 0 Å². The van der Waals surface area contributed by atoms with Crippen LogP contribution in [0.1, 0.15) is 115 Å². The second kappa shape index (κ2) is 16.2. The molecule has 3 heterocycles. The number of Topliss-reactive ketones (excluding diaryl/α,β-unsaturated/α-hetero) is 2. The molecule has 0 aromatic carbocycles. The van der Waals surface area contributed by atoms with Gasteiger partial charge in [0.15, 0.2) is 17.4 Å². The summed E-state index contributed by atoms with van der Waals surface area (Å²) in [5.74, 6) is -2.03. The fourth-order valence-corrected chi connectivity index (χ4v) is 4.53. The summed E-state index contributed by atoms with van der Waals surface area (Å²) < 4.78 is 32.9. The number of hydrogen-bond acceptors (Lipinski definition) is 11. The van der Waals surface area contributed by atoms with Gasteiger partial charge in [0.25, 0.3) is 0 Å². The zero-order valence-electron chi connectivity index (χ0n) is 29.5. The highest BCUT2D eigenvalue weighted by Crippen LogP contribution is 2.34. The van der Waals surface area contributed by atoms with Gasteiger partial charge in [-0.2, -0.15) is 0 Å². The van der Waals surface area contributed by atoms with Crippen LogP contribution in [0.25, 0.3) is 0 Å². The van der Waals surface area contributed by atoms with Crippen LogP contribution in [0, 0.1) is 5.41 Å². The minimum Gasteiger partial charge on any atom is -0.388 e. The Kier molecular flexibility index (Phi) is 15.1. The first-order valence-corrected chi connectivity index (χ1v) is 15.9. The third-order valence-corrected chi connectivity index (χ3v) is 8.26. The summed E-state index contributed by atoms with van der Waals surface area (Å²) in [7, 11) is 1.36. The Bertz CT molecular complexity index is 894. The maximum atomic E-state index is 11.9. The molecule has 4 N–H and O–H groups in total. The standard InChI is InChI=1S/C14H24O4.C11H23NO4.C8H16O2/c1-13(2,3)12(15)5-7-14(4)17-9-11-10(18-14)6-8-16-11;1-9(2,14)11(4,12)8(13)6-7-10(3,15)16-5;1-8(2,3)10-7-4-5-9-6-7/h10-11H,5-9H2,1-4H3;14-15H,6-7,12H2,1-5H3;7H,4-6H2,1-3H3/t10?,11?,14-;;/m1../s1. The number of ether oxygens (including phenoxy) is 6. The zero-order valence-corrected chi connectivity index (χ0v) is 29.5. The summed E-state index contributed by atoms with van der Waals surface area (Å²) in [6, 6.07) is 0. The van der Waals surface area contributed by atoms with E-state index in [1.54, 1.807) is 0 Å². The molecule has 260 valence electrons. The number of ketones is 2. The van der Waals surface area contributed by atoms with Gasteiger partial charge in [-0.05, 0) is 68.2 Å². The third kappa shape index (κ3) is 14.2. The molecule has 3 rings (SSSR count). The first-order chi connectivity index (χ1) is 19.8. The Morgan fingerprint density at radius 1 is 0.886 bits per heavy atom. The summed E-state index contributed by atoms with van der Waals surface area (Å²) in [6.45, 7) is 22.9. The molecule has 6 atom stereocenters. The number of carbonyl (C=O) groups excluding carboxylic acids is 2. The molecule has 44 heavy (non-hydrogen) atoms. The van der Waals surface area contributed by atoms with Crippen molar-refractivity contribution in [3.8, 4) is 0 Å². The smallest absolute Gasteiger partial charge is 0.166 e. The van der Waals surface area contributed by atoms with Crippen LogP contribution in [0.3, 0.4) is 0 Å². The highest BCUT2D eigenvalue weighted by atomic mass is 16.7. The van der Waals surface area contributed by atoms with Crippen LogP contribution in [-0.4, -0.2) is 102 Å². The van der Waals surface area contributed by atoms with Crippen LogP contribution >= 0.6 is 0 Å². The molecule has 0 aliphatic carbocycles. The summed E-state index contributed by atoms with van der Waals surface area (Å²) >= 11 is 0. The molecule has 0 amide bonds. The van der Waals surface area contributed by atoms with E-state index in [1.807, 2.05) is 27.7 Å². The normalized spacial score (nSPS) is 28.4. The largest absolute Gasteiger partial charge is 0.388 e. The summed E-state index contributed by atoms with van der Waals surface area (Å²) in [5.41, 5.74) is 2.84. The monoisotopic (exact) mass is 633 g/mol. The highest BCUT2D eigenvalue weighted by Gasteiger charge is 2.44. The molecule has 3 aliphatic rings. The van der Waals surface area contributed by atoms with Crippen molar-refractivity contribution in [2.24, 2.45) is 11.1 Å². The van der Waals surface area contributed by atoms with Crippen LogP contribution in [0.5, 0.6) is 0 Å². The first-order valence-electron chi connectivity index (χ1n) is 15.9. The van der Waals surface area contributed by atoms with E-state index in [2.05, 4.69) is 20.8 Å². The minimum absolute atomic E-state index is 0.0155. The molecule has 5 unspecified atom stereocenters. The van der Waals surface area contributed by atoms with Gasteiger partial charge in [-0.3, -0.25) is 9.59 Å². The van der Waals surface area contributed by atoms with Crippen LogP contribution < -0.4 is 5.73 Å². The van der Waals surface area contributed by atoms with Crippen molar-refractivity contribution in [3.63, 3.8) is 0 Å². The highest BCUT2D eigenvalue weighted by molar-refractivity contribution is 5.89. The lowest BCUT2D eigenvalue weighted by atomic mass is 9.79. The van der Waals surface area contributed by atoms with E-state index >= 15 is 0 Å². The van der Waals surface area contributed by atoms with Crippen molar-refractivity contribution >= 4 is 11.6 Å². The lowest BCUT2D eigenvalue weighted by molar-refractivity contribution is -0.304. The van der Waals surface area contributed by atoms with Crippen molar-refractivity contribution in [2.75, 3.05) is 33.5 Å². The van der Waals surface area contributed by atoms with Gasteiger partial charge in [0.2, 0.25) is 0 Å². The average molecular weight is 634 g/mol. The van der Waals surface area contributed by atoms with Gasteiger partial charge >= 0.3 is 0 Å². The Morgan fingerprint density at radius 3 is 1.98 bits per heavy atom. The van der Waals surface area contributed by atoms with Gasteiger partial charge in [0, 0.05) is 51.4 Å². The summed E-state index contributed by atoms with van der Waals surface area (Å²) in [4.78, 5) is 23.8. The Balaban J connectivity index is 0.000000343. The third-order valence-electron chi connectivity index (χ3n) is 8.26. The van der Waals surface area contributed by atoms with Crippen LogP contribution in [0.2, 0.25) is 0 Å².